The Morgan fingerprint density at radius 1 is 1.28 bits per heavy atom. The van der Waals surface area contributed by atoms with Crippen LogP contribution in [0.15, 0.2) is 24.3 Å². The summed E-state index contributed by atoms with van der Waals surface area (Å²) in [6.45, 7) is 1.17. The fraction of sp³-hybridized carbons (Fsp3) is 0.455. The van der Waals surface area contributed by atoms with Gasteiger partial charge in [0.15, 0.2) is 0 Å². The topological polar surface area (TPSA) is 89.3 Å². The van der Waals surface area contributed by atoms with Crippen LogP contribution >= 0.6 is 0 Å². The lowest BCUT2D eigenvalue weighted by Gasteiger charge is -2.04. The van der Waals surface area contributed by atoms with E-state index >= 15 is 0 Å². The number of nitrogens with zero attached hydrogens (tertiary/aromatic N) is 1. The Labute approximate surface area is 106 Å². The Balaban J connectivity index is 2.29. The second kappa shape index (κ2) is 6.46. The fourth-order valence-electron chi connectivity index (χ4n) is 1.43. The van der Waals surface area contributed by atoms with E-state index < -0.39 is 14.8 Å². The molecule has 0 aliphatic heterocycles. The molecule has 0 atom stereocenters. The lowest BCUT2D eigenvalue weighted by molar-refractivity contribution is -0.384. The molecular weight excluding hydrogens is 256 g/mol. The fourth-order valence-corrected chi connectivity index (χ4v) is 2.10. The van der Waals surface area contributed by atoms with Gasteiger partial charge in [-0.2, -0.15) is 0 Å². The van der Waals surface area contributed by atoms with Crippen LogP contribution in [-0.2, 0) is 16.4 Å². The van der Waals surface area contributed by atoms with Crippen molar-refractivity contribution in [2.24, 2.45) is 0 Å². The second-order valence-corrected chi connectivity index (χ2v) is 6.34. The first-order valence-electron chi connectivity index (χ1n) is 5.50. The predicted octanol–water partition coefficient (Wildman–Crippen LogP) is 1.12. The molecule has 0 radical (unpaired) electrons. The van der Waals surface area contributed by atoms with E-state index in [-0.39, 0.29) is 11.4 Å². The molecule has 0 bridgehead atoms. The number of benzene rings is 1. The predicted molar refractivity (Wildman–Crippen MR) is 69.1 cm³/mol. The van der Waals surface area contributed by atoms with Crippen LogP contribution in [0.4, 0.5) is 5.69 Å². The van der Waals surface area contributed by atoms with E-state index in [1.807, 2.05) is 0 Å². The first kappa shape index (κ1) is 14.6. The number of hydrogen-bond donors (Lipinski definition) is 1. The van der Waals surface area contributed by atoms with Crippen LogP contribution in [0.5, 0.6) is 0 Å². The summed E-state index contributed by atoms with van der Waals surface area (Å²) in [4.78, 5) is 10.00. The summed E-state index contributed by atoms with van der Waals surface area (Å²) in [7, 11) is -2.90. The van der Waals surface area contributed by atoms with Gasteiger partial charge in [-0.3, -0.25) is 10.1 Å². The Morgan fingerprint density at radius 2 is 1.89 bits per heavy atom. The average molecular weight is 272 g/mol. The van der Waals surface area contributed by atoms with E-state index in [9.17, 15) is 18.5 Å². The van der Waals surface area contributed by atoms with Crippen LogP contribution in [0.25, 0.3) is 0 Å². The standard InChI is InChI=1S/C11H16N2O4S/c1-18(16,17)8-2-7-12-9-10-3-5-11(6-4-10)13(14)15/h3-6,12H,2,7-9H2,1H3. The molecule has 0 spiro atoms. The van der Waals surface area contributed by atoms with Crippen molar-refractivity contribution in [3.63, 3.8) is 0 Å². The molecule has 0 fully saturated rings. The van der Waals surface area contributed by atoms with Gasteiger partial charge >= 0.3 is 0 Å². The molecule has 100 valence electrons. The van der Waals surface area contributed by atoms with Gasteiger partial charge in [-0.25, -0.2) is 8.42 Å². The quantitative estimate of drug-likeness (QED) is 0.456. The van der Waals surface area contributed by atoms with E-state index in [4.69, 9.17) is 0 Å². The molecule has 7 heteroatoms. The van der Waals surface area contributed by atoms with Crippen LogP contribution in [0.3, 0.4) is 0 Å². The summed E-state index contributed by atoms with van der Waals surface area (Å²) in [6, 6.07) is 6.27. The minimum Gasteiger partial charge on any atom is -0.313 e. The first-order chi connectivity index (χ1) is 8.38. The Hall–Kier alpha value is -1.47. The minimum absolute atomic E-state index is 0.0656. The van der Waals surface area contributed by atoms with Crippen molar-refractivity contribution in [1.82, 2.24) is 5.32 Å². The van der Waals surface area contributed by atoms with Gasteiger partial charge in [0.25, 0.3) is 5.69 Å². The number of rotatable bonds is 7. The molecule has 6 nitrogen and oxygen atoms in total. The summed E-state index contributed by atoms with van der Waals surface area (Å²) >= 11 is 0. The molecule has 0 saturated carbocycles. The highest BCUT2D eigenvalue weighted by atomic mass is 32.2. The monoisotopic (exact) mass is 272 g/mol. The number of nitro groups is 1. The maximum absolute atomic E-state index is 10.9. The zero-order chi connectivity index (χ0) is 13.6. The lowest BCUT2D eigenvalue weighted by atomic mass is 10.2. The number of non-ortho nitro benzene ring substituents is 1. The van der Waals surface area contributed by atoms with Crippen molar-refractivity contribution in [2.45, 2.75) is 13.0 Å². The van der Waals surface area contributed by atoms with E-state index in [0.717, 1.165) is 5.56 Å². The summed E-state index contributed by atoms with van der Waals surface area (Å²) in [5, 5.41) is 13.5. The van der Waals surface area contributed by atoms with E-state index in [2.05, 4.69) is 5.32 Å². The largest absolute Gasteiger partial charge is 0.313 e. The molecular formula is C11H16N2O4S. The van der Waals surface area contributed by atoms with Gasteiger partial charge < -0.3 is 5.32 Å². The first-order valence-corrected chi connectivity index (χ1v) is 7.56. The lowest BCUT2D eigenvalue weighted by Crippen LogP contribution is -2.17. The van der Waals surface area contributed by atoms with Crippen molar-refractivity contribution >= 4 is 15.5 Å². The van der Waals surface area contributed by atoms with E-state index in [1.165, 1.54) is 18.4 Å². The molecule has 1 aromatic rings. The van der Waals surface area contributed by atoms with Gasteiger partial charge in [0, 0.05) is 24.9 Å². The summed E-state index contributed by atoms with van der Waals surface area (Å²) in [5.74, 6) is 0.167. The van der Waals surface area contributed by atoms with Gasteiger partial charge in [0.2, 0.25) is 0 Å². The molecule has 18 heavy (non-hydrogen) atoms. The molecule has 0 aliphatic carbocycles. The Kier molecular flexibility index (Phi) is 5.24. The van der Waals surface area contributed by atoms with Gasteiger partial charge in [0.05, 0.1) is 10.7 Å². The Morgan fingerprint density at radius 3 is 2.39 bits per heavy atom. The molecule has 1 N–H and O–H groups in total. The highest BCUT2D eigenvalue weighted by molar-refractivity contribution is 7.90. The van der Waals surface area contributed by atoms with Crippen LogP contribution in [0.1, 0.15) is 12.0 Å². The van der Waals surface area contributed by atoms with Gasteiger partial charge in [-0.1, -0.05) is 12.1 Å². The smallest absolute Gasteiger partial charge is 0.269 e. The third kappa shape index (κ3) is 5.74. The minimum atomic E-state index is -2.90. The van der Waals surface area contributed by atoms with Crippen molar-refractivity contribution in [3.05, 3.63) is 39.9 Å². The third-order valence-electron chi connectivity index (χ3n) is 2.34. The number of nitrogens with one attached hydrogen (secondary N) is 1. The number of hydrogen-bond acceptors (Lipinski definition) is 5. The van der Waals surface area contributed by atoms with Crippen molar-refractivity contribution in [1.29, 1.82) is 0 Å². The molecule has 0 unspecified atom stereocenters. The van der Waals surface area contributed by atoms with E-state index in [0.29, 0.717) is 19.5 Å². The van der Waals surface area contributed by atoms with E-state index in [1.54, 1.807) is 12.1 Å². The van der Waals surface area contributed by atoms with Crippen LogP contribution < -0.4 is 5.32 Å². The second-order valence-electron chi connectivity index (χ2n) is 4.08. The highest BCUT2D eigenvalue weighted by Crippen LogP contribution is 2.11. The molecule has 0 amide bonds. The number of sulfone groups is 1. The summed E-state index contributed by atoms with van der Waals surface area (Å²) in [6.07, 6.45) is 1.77. The van der Waals surface area contributed by atoms with Crippen LogP contribution in [0, 0.1) is 10.1 Å². The summed E-state index contributed by atoms with van der Waals surface area (Å²) < 4.78 is 21.7. The molecule has 0 aromatic heterocycles. The Bertz CT molecular complexity index is 496. The van der Waals surface area contributed by atoms with Gasteiger partial charge in [-0.05, 0) is 18.5 Å². The van der Waals surface area contributed by atoms with Gasteiger partial charge in [-0.15, -0.1) is 0 Å². The summed E-state index contributed by atoms with van der Waals surface area (Å²) in [5.41, 5.74) is 0.996. The molecule has 1 aromatic carbocycles. The normalized spacial score (nSPS) is 11.4. The molecule has 0 saturated heterocycles. The zero-order valence-electron chi connectivity index (χ0n) is 10.1. The molecule has 0 heterocycles. The number of nitro benzene ring substituents is 1. The maximum atomic E-state index is 10.9. The van der Waals surface area contributed by atoms with Gasteiger partial charge in [0.1, 0.15) is 9.84 Å². The van der Waals surface area contributed by atoms with Crippen molar-refractivity contribution in [3.8, 4) is 0 Å². The third-order valence-corrected chi connectivity index (χ3v) is 3.38. The van der Waals surface area contributed by atoms with Crippen LogP contribution in [-0.4, -0.2) is 31.9 Å². The van der Waals surface area contributed by atoms with Crippen molar-refractivity contribution in [2.75, 3.05) is 18.6 Å². The maximum Gasteiger partial charge on any atom is 0.269 e. The zero-order valence-corrected chi connectivity index (χ0v) is 10.9. The van der Waals surface area contributed by atoms with Crippen molar-refractivity contribution < 1.29 is 13.3 Å². The highest BCUT2D eigenvalue weighted by Gasteiger charge is 2.04. The molecule has 1 rings (SSSR count). The molecule has 0 aliphatic rings. The van der Waals surface area contributed by atoms with Crippen LogP contribution in [0.2, 0.25) is 0 Å². The SMILES string of the molecule is CS(=O)(=O)CCCNCc1ccc([N+](=O)[O-])cc1. The average Bonchev–Trinajstić information content (AvgIpc) is 2.27.